The molecule has 0 saturated carbocycles. The van der Waals surface area contributed by atoms with Gasteiger partial charge in [-0.15, -0.1) is 0 Å². The number of nitrogens with one attached hydrogen (secondary N) is 1. The van der Waals surface area contributed by atoms with Crippen LogP contribution in [0.25, 0.3) is 0 Å². The SMILES string of the molecule is C=C1CN(c2cc(N3CCCCCC3)[nH]c(=O)c2)CC(C)O1. The summed E-state index contributed by atoms with van der Waals surface area (Å²) in [6.45, 7) is 9.42. The van der Waals surface area contributed by atoms with Gasteiger partial charge < -0.3 is 19.5 Å². The van der Waals surface area contributed by atoms with Crippen molar-refractivity contribution in [3.05, 3.63) is 34.8 Å². The number of ether oxygens (including phenoxy) is 1. The molecule has 5 heteroatoms. The predicted octanol–water partition coefficient (Wildman–Crippen LogP) is 2.49. The molecule has 0 amide bonds. The first kappa shape index (κ1) is 15.0. The first-order chi connectivity index (χ1) is 10.6. The zero-order chi connectivity index (χ0) is 15.5. The minimum absolute atomic E-state index is 0.0403. The summed E-state index contributed by atoms with van der Waals surface area (Å²) in [6, 6.07) is 3.77. The Kier molecular flexibility index (Phi) is 4.41. The maximum atomic E-state index is 12.1. The van der Waals surface area contributed by atoms with E-state index in [1.165, 1.54) is 25.7 Å². The Labute approximate surface area is 131 Å². The average molecular weight is 303 g/mol. The number of hydrogen-bond acceptors (Lipinski definition) is 4. The van der Waals surface area contributed by atoms with Gasteiger partial charge in [-0.05, 0) is 19.8 Å². The molecule has 0 aromatic carbocycles. The van der Waals surface area contributed by atoms with E-state index >= 15 is 0 Å². The fourth-order valence-electron chi connectivity index (χ4n) is 3.32. The molecule has 2 saturated heterocycles. The van der Waals surface area contributed by atoms with Crippen LogP contribution in [0.4, 0.5) is 11.5 Å². The number of rotatable bonds is 2. The number of morpholine rings is 1. The lowest BCUT2D eigenvalue weighted by molar-refractivity contribution is 0.114. The molecule has 1 unspecified atom stereocenters. The van der Waals surface area contributed by atoms with Crippen LogP contribution in [0, 0.1) is 0 Å². The summed E-state index contributed by atoms with van der Waals surface area (Å²) in [5, 5.41) is 0. The van der Waals surface area contributed by atoms with Crippen molar-refractivity contribution in [3.8, 4) is 0 Å². The van der Waals surface area contributed by atoms with Crippen LogP contribution in [0.2, 0.25) is 0 Å². The number of anilines is 2. The highest BCUT2D eigenvalue weighted by molar-refractivity contribution is 5.56. The molecule has 3 rings (SSSR count). The second-order valence-corrected chi connectivity index (χ2v) is 6.34. The predicted molar refractivity (Wildman–Crippen MR) is 89.6 cm³/mol. The van der Waals surface area contributed by atoms with Crippen molar-refractivity contribution >= 4 is 11.5 Å². The van der Waals surface area contributed by atoms with Gasteiger partial charge in [0.05, 0.1) is 13.1 Å². The summed E-state index contributed by atoms with van der Waals surface area (Å²) in [6.07, 6.45) is 5.04. The van der Waals surface area contributed by atoms with Crippen LogP contribution in [0.15, 0.2) is 29.3 Å². The molecule has 1 N–H and O–H groups in total. The van der Waals surface area contributed by atoms with E-state index in [1.807, 2.05) is 6.92 Å². The minimum Gasteiger partial charge on any atom is -0.492 e. The Morgan fingerprint density at radius 2 is 1.91 bits per heavy atom. The number of hydrogen-bond donors (Lipinski definition) is 1. The van der Waals surface area contributed by atoms with Gasteiger partial charge in [0.2, 0.25) is 0 Å². The number of H-pyrrole nitrogens is 1. The van der Waals surface area contributed by atoms with Crippen LogP contribution in [-0.2, 0) is 4.74 Å². The van der Waals surface area contributed by atoms with Gasteiger partial charge in [-0.3, -0.25) is 4.79 Å². The fraction of sp³-hybridized carbons (Fsp3) is 0.588. The van der Waals surface area contributed by atoms with Gasteiger partial charge in [0.25, 0.3) is 5.56 Å². The number of aromatic amines is 1. The number of nitrogens with zero attached hydrogens (tertiary/aromatic N) is 2. The molecule has 22 heavy (non-hydrogen) atoms. The Balaban J connectivity index is 1.85. The molecule has 1 atom stereocenters. The van der Waals surface area contributed by atoms with E-state index in [2.05, 4.69) is 27.4 Å². The van der Waals surface area contributed by atoms with Gasteiger partial charge in [0.15, 0.2) is 0 Å². The first-order valence-electron chi connectivity index (χ1n) is 8.20. The van der Waals surface area contributed by atoms with Gasteiger partial charge in [-0.1, -0.05) is 19.4 Å². The Morgan fingerprint density at radius 3 is 2.59 bits per heavy atom. The lowest BCUT2D eigenvalue weighted by Gasteiger charge is -2.35. The Morgan fingerprint density at radius 1 is 1.18 bits per heavy atom. The largest absolute Gasteiger partial charge is 0.492 e. The van der Waals surface area contributed by atoms with Crippen molar-refractivity contribution < 1.29 is 4.74 Å². The second kappa shape index (κ2) is 6.46. The van der Waals surface area contributed by atoms with Crippen molar-refractivity contribution in [2.75, 3.05) is 36.0 Å². The summed E-state index contributed by atoms with van der Waals surface area (Å²) in [5.41, 5.74) is 0.917. The molecule has 120 valence electrons. The van der Waals surface area contributed by atoms with Crippen LogP contribution in [0.3, 0.4) is 0 Å². The third-order valence-electron chi connectivity index (χ3n) is 4.34. The van der Waals surface area contributed by atoms with E-state index < -0.39 is 0 Å². The minimum atomic E-state index is -0.0403. The van der Waals surface area contributed by atoms with E-state index in [-0.39, 0.29) is 11.7 Å². The highest BCUT2D eigenvalue weighted by Gasteiger charge is 2.21. The molecular formula is C17H25N3O2. The maximum Gasteiger partial charge on any atom is 0.251 e. The maximum absolute atomic E-state index is 12.1. The molecule has 0 aliphatic carbocycles. The molecular weight excluding hydrogens is 278 g/mol. The van der Waals surface area contributed by atoms with E-state index in [1.54, 1.807) is 6.07 Å². The lowest BCUT2D eigenvalue weighted by Crippen LogP contribution is -2.40. The Hall–Kier alpha value is -1.91. The van der Waals surface area contributed by atoms with Crippen LogP contribution in [0.1, 0.15) is 32.6 Å². The normalized spacial score (nSPS) is 23.1. The average Bonchev–Trinajstić information content (AvgIpc) is 2.74. The number of pyridine rings is 1. The van der Waals surface area contributed by atoms with Gasteiger partial charge in [-0.25, -0.2) is 0 Å². The Bertz CT molecular complexity index is 588. The third kappa shape index (κ3) is 3.46. The van der Waals surface area contributed by atoms with Gasteiger partial charge >= 0.3 is 0 Å². The van der Waals surface area contributed by atoms with Crippen LogP contribution in [0.5, 0.6) is 0 Å². The smallest absolute Gasteiger partial charge is 0.251 e. The summed E-state index contributed by atoms with van der Waals surface area (Å²) in [5.74, 6) is 1.70. The summed E-state index contributed by atoms with van der Waals surface area (Å²) >= 11 is 0. The fourth-order valence-corrected chi connectivity index (χ4v) is 3.32. The molecule has 2 aliphatic heterocycles. The molecule has 2 fully saturated rings. The lowest BCUT2D eigenvalue weighted by atomic mass is 10.2. The summed E-state index contributed by atoms with van der Waals surface area (Å²) in [4.78, 5) is 19.6. The molecule has 1 aromatic rings. The standard InChI is InChI=1S/C17H25N3O2/c1-13-11-20(12-14(2)22-13)15-9-16(18-17(21)10-15)19-7-5-3-4-6-8-19/h9-10,14H,1,3-8,11-12H2,2H3,(H,18,21). The van der Waals surface area contributed by atoms with Gasteiger partial charge in [-0.2, -0.15) is 0 Å². The van der Waals surface area contributed by atoms with Crippen molar-refractivity contribution in [1.82, 2.24) is 4.98 Å². The topological polar surface area (TPSA) is 48.6 Å². The monoisotopic (exact) mass is 303 g/mol. The molecule has 0 bridgehead atoms. The van der Waals surface area contributed by atoms with Crippen LogP contribution in [-0.4, -0.2) is 37.3 Å². The molecule has 5 nitrogen and oxygen atoms in total. The van der Waals surface area contributed by atoms with E-state index in [9.17, 15) is 4.79 Å². The summed E-state index contributed by atoms with van der Waals surface area (Å²) in [7, 11) is 0. The zero-order valence-electron chi connectivity index (χ0n) is 13.3. The highest BCUT2D eigenvalue weighted by atomic mass is 16.5. The van der Waals surface area contributed by atoms with Crippen LogP contribution >= 0.6 is 0 Å². The second-order valence-electron chi connectivity index (χ2n) is 6.34. The van der Waals surface area contributed by atoms with E-state index in [0.29, 0.717) is 6.54 Å². The van der Waals surface area contributed by atoms with E-state index in [0.717, 1.165) is 36.9 Å². The molecule has 3 heterocycles. The molecule has 2 aliphatic rings. The third-order valence-corrected chi connectivity index (χ3v) is 4.34. The van der Waals surface area contributed by atoms with Crippen molar-refractivity contribution in [2.45, 2.75) is 38.7 Å². The van der Waals surface area contributed by atoms with Crippen molar-refractivity contribution in [2.24, 2.45) is 0 Å². The quantitative estimate of drug-likeness (QED) is 0.912. The zero-order valence-corrected chi connectivity index (χ0v) is 13.3. The van der Waals surface area contributed by atoms with Gasteiger partial charge in [0.1, 0.15) is 17.7 Å². The van der Waals surface area contributed by atoms with Crippen molar-refractivity contribution in [3.63, 3.8) is 0 Å². The van der Waals surface area contributed by atoms with Crippen LogP contribution < -0.4 is 15.4 Å². The highest BCUT2D eigenvalue weighted by Crippen LogP contribution is 2.24. The molecule has 0 spiro atoms. The molecule has 0 radical (unpaired) electrons. The summed E-state index contributed by atoms with van der Waals surface area (Å²) < 4.78 is 5.60. The first-order valence-corrected chi connectivity index (χ1v) is 8.20. The number of aromatic nitrogens is 1. The van der Waals surface area contributed by atoms with Crippen molar-refractivity contribution in [1.29, 1.82) is 0 Å². The van der Waals surface area contributed by atoms with Gasteiger partial charge in [0, 0.05) is 30.9 Å². The van der Waals surface area contributed by atoms with E-state index in [4.69, 9.17) is 4.74 Å². The molecule has 1 aromatic heterocycles.